The zero-order valence-electron chi connectivity index (χ0n) is 11.1. The third-order valence-electron chi connectivity index (χ3n) is 3.26. The van der Waals surface area contributed by atoms with Gasteiger partial charge in [-0.15, -0.1) is 0 Å². The van der Waals surface area contributed by atoms with E-state index in [2.05, 4.69) is 0 Å². The molecule has 0 saturated heterocycles. The fraction of sp³-hybridized carbons (Fsp3) is 0.188. The van der Waals surface area contributed by atoms with E-state index in [4.69, 9.17) is 10.8 Å². The Hall–Kier alpha value is -2.13. The molecule has 2 aromatic carbocycles. The molecule has 0 heterocycles. The molecule has 1 atom stereocenters. The molecule has 19 heavy (non-hydrogen) atoms. The standard InChI is InChI=1S/C16H17NO2/c1-10-6-7-11(2)14(8-10)15(17)12-4-3-5-13(9-12)16(18)19/h3-9,15H,17H2,1-2H3,(H,18,19). The number of hydrogen-bond acceptors (Lipinski definition) is 2. The number of benzene rings is 2. The summed E-state index contributed by atoms with van der Waals surface area (Å²) in [7, 11) is 0. The number of nitrogens with two attached hydrogens (primary N) is 1. The van der Waals surface area contributed by atoms with Crippen molar-refractivity contribution >= 4 is 5.97 Å². The summed E-state index contributed by atoms with van der Waals surface area (Å²) >= 11 is 0. The minimum absolute atomic E-state index is 0.262. The molecule has 0 amide bonds. The predicted molar refractivity (Wildman–Crippen MR) is 75.3 cm³/mol. The van der Waals surface area contributed by atoms with Crippen LogP contribution in [0.1, 0.15) is 38.7 Å². The summed E-state index contributed by atoms with van der Waals surface area (Å²) in [5.74, 6) is -0.935. The first-order valence-electron chi connectivity index (χ1n) is 6.15. The van der Waals surface area contributed by atoms with E-state index in [1.807, 2.05) is 38.1 Å². The summed E-state index contributed by atoms with van der Waals surface area (Å²) in [5, 5.41) is 9.02. The SMILES string of the molecule is Cc1ccc(C)c(C(N)c2cccc(C(=O)O)c2)c1. The zero-order valence-corrected chi connectivity index (χ0v) is 11.1. The largest absolute Gasteiger partial charge is 0.478 e. The van der Waals surface area contributed by atoms with Crippen LogP contribution in [-0.2, 0) is 0 Å². The van der Waals surface area contributed by atoms with Crippen molar-refractivity contribution in [3.63, 3.8) is 0 Å². The molecule has 0 aliphatic carbocycles. The highest BCUT2D eigenvalue weighted by Crippen LogP contribution is 2.24. The molecule has 1 unspecified atom stereocenters. The summed E-state index contributed by atoms with van der Waals surface area (Å²) in [5.41, 5.74) is 10.6. The second-order valence-electron chi connectivity index (χ2n) is 4.77. The van der Waals surface area contributed by atoms with Crippen LogP contribution in [0.15, 0.2) is 42.5 Å². The van der Waals surface area contributed by atoms with Crippen LogP contribution < -0.4 is 5.73 Å². The van der Waals surface area contributed by atoms with E-state index in [0.717, 1.165) is 22.3 Å². The Labute approximate surface area is 112 Å². The highest BCUT2D eigenvalue weighted by Gasteiger charge is 2.13. The average molecular weight is 255 g/mol. The van der Waals surface area contributed by atoms with Crippen LogP contribution in [0.5, 0.6) is 0 Å². The van der Waals surface area contributed by atoms with Gasteiger partial charge < -0.3 is 10.8 Å². The third-order valence-corrected chi connectivity index (χ3v) is 3.26. The number of hydrogen-bond donors (Lipinski definition) is 2. The number of carboxylic acids is 1. The molecule has 3 heteroatoms. The highest BCUT2D eigenvalue weighted by atomic mass is 16.4. The van der Waals surface area contributed by atoms with Gasteiger partial charge in [0.2, 0.25) is 0 Å². The van der Waals surface area contributed by atoms with Crippen LogP contribution in [0.2, 0.25) is 0 Å². The van der Waals surface area contributed by atoms with Gasteiger partial charge in [-0.2, -0.15) is 0 Å². The van der Waals surface area contributed by atoms with Gasteiger partial charge in [0.1, 0.15) is 0 Å². The van der Waals surface area contributed by atoms with Gasteiger partial charge in [-0.05, 0) is 42.7 Å². The summed E-state index contributed by atoms with van der Waals surface area (Å²) in [6.07, 6.45) is 0. The van der Waals surface area contributed by atoms with E-state index in [1.54, 1.807) is 18.2 Å². The molecule has 0 aliphatic rings. The topological polar surface area (TPSA) is 63.3 Å². The van der Waals surface area contributed by atoms with Gasteiger partial charge in [-0.3, -0.25) is 0 Å². The first-order valence-corrected chi connectivity index (χ1v) is 6.15. The first kappa shape index (κ1) is 13.3. The minimum Gasteiger partial charge on any atom is -0.478 e. The molecular formula is C16H17NO2. The van der Waals surface area contributed by atoms with Crippen molar-refractivity contribution in [2.75, 3.05) is 0 Å². The van der Waals surface area contributed by atoms with Gasteiger partial charge in [0, 0.05) is 0 Å². The third kappa shape index (κ3) is 2.83. The maximum absolute atomic E-state index is 11.0. The van der Waals surface area contributed by atoms with E-state index < -0.39 is 5.97 Å². The van der Waals surface area contributed by atoms with E-state index in [9.17, 15) is 4.79 Å². The van der Waals surface area contributed by atoms with Crippen LogP contribution in [0.3, 0.4) is 0 Å². The maximum atomic E-state index is 11.0. The normalized spacial score (nSPS) is 12.2. The Morgan fingerprint density at radius 2 is 1.89 bits per heavy atom. The van der Waals surface area contributed by atoms with Crippen molar-refractivity contribution in [3.05, 3.63) is 70.3 Å². The molecule has 0 aromatic heterocycles. The Morgan fingerprint density at radius 1 is 1.16 bits per heavy atom. The molecule has 2 rings (SSSR count). The second-order valence-corrected chi connectivity index (χ2v) is 4.77. The lowest BCUT2D eigenvalue weighted by molar-refractivity contribution is 0.0697. The molecule has 0 fully saturated rings. The van der Waals surface area contributed by atoms with Gasteiger partial charge in [0.25, 0.3) is 0 Å². The Kier molecular flexibility index (Phi) is 3.67. The van der Waals surface area contributed by atoms with Crippen molar-refractivity contribution in [2.45, 2.75) is 19.9 Å². The first-order chi connectivity index (χ1) is 8.99. The molecular weight excluding hydrogens is 238 g/mol. The lowest BCUT2D eigenvalue weighted by Gasteiger charge is -2.16. The van der Waals surface area contributed by atoms with Gasteiger partial charge in [0.15, 0.2) is 0 Å². The fourth-order valence-electron chi connectivity index (χ4n) is 2.14. The molecule has 3 N–H and O–H groups in total. The van der Waals surface area contributed by atoms with E-state index in [-0.39, 0.29) is 11.6 Å². The Morgan fingerprint density at radius 3 is 2.58 bits per heavy atom. The van der Waals surface area contributed by atoms with Crippen molar-refractivity contribution in [1.82, 2.24) is 0 Å². The average Bonchev–Trinajstić information content (AvgIpc) is 2.41. The molecule has 3 nitrogen and oxygen atoms in total. The Bertz CT molecular complexity index is 620. The minimum atomic E-state index is -0.935. The van der Waals surface area contributed by atoms with Crippen molar-refractivity contribution in [2.24, 2.45) is 5.73 Å². The highest BCUT2D eigenvalue weighted by molar-refractivity contribution is 5.87. The summed E-state index contributed by atoms with van der Waals surface area (Å²) in [4.78, 5) is 11.0. The zero-order chi connectivity index (χ0) is 14.0. The maximum Gasteiger partial charge on any atom is 0.335 e. The number of carboxylic acid groups (broad SMARTS) is 1. The van der Waals surface area contributed by atoms with Gasteiger partial charge in [-0.1, -0.05) is 35.9 Å². The number of rotatable bonds is 3. The Balaban J connectivity index is 2.43. The predicted octanol–water partition coefficient (Wildman–Crippen LogP) is 3.05. The van der Waals surface area contributed by atoms with E-state index >= 15 is 0 Å². The number of aryl methyl sites for hydroxylation is 2. The van der Waals surface area contributed by atoms with E-state index in [1.165, 1.54) is 0 Å². The monoisotopic (exact) mass is 255 g/mol. The van der Waals surface area contributed by atoms with Crippen molar-refractivity contribution in [1.29, 1.82) is 0 Å². The van der Waals surface area contributed by atoms with Gasteiger partial charge >= 0.3 is 5.97 Å². The van der Waals surface area contributed by atoms with Crippen LogP contribution >= 0.6 is 0 Å². The van der Waals surface area contributed by atoms with Crippen LogP contribution in [-0.4, -0.2) is 11.1 Å². The lowest BCUT2D eigenvalue weighted by Crippen LogP contribution is -2.14. The van der Waals surface area contributed by atoms with Crippen molar-refractivity contribution in [3.8, 4) is 0 Å². The van der Waals surface area contributed by atoms with E-state index in [0.29, 0.717) is 0 Å². The molecule has 0 saturated carbocycles. The van der Waals surface area contributed by atoms with Gasteiger partial charge in [0.05, 0.1) is 11.6 Å². The molecule has 0 bridgehead atoms. The quantitative estimate of drug-likeness (QED) is 0.886. The summed E-state index contributed by atoms with van der Waals surface area (Å²) in [6, 6.07) is 12.6. The summed E-state index contributed by atoms with van der Waals surface area (Å²) in [6.45, 7) is 4.03. The summed E-state index contributed by atoms with van der Waals surface area (Å²) < 4.78 is 0. The molecule has 0 spiro atoms. The van der Waals surface area contributed by atoms with Crippen LogP contribution in [0, 0.1) is 13.8 Å². The molecule has 2 aromatic rings. The molecule has 0 aliphatic heterocycles. The molecule has 0 radical (unpaired) electrons. The van der Waals surface area contributed by atoms with Crippen LogP contribution in [0.4, 0.5) is 0 Å². The second kappa shape index (κ2) is 5.24. The van der Waals surface area contributed by atoms with Crippen LogP contribution in [0.25, 0.3) is 0 Å². The van der Waals surface area contributed by atoms with Gasteiger partial charge in [-0.25, -0.2) is 4.79 Å². The smallest absolute Gasteiger partial charge is 0.335 e. The molecule has 98 valence electrons. The number of carbonyl (C=O) groups is 1. The lowest BCUT2D eigenvalue weighted by atomic mass is 9.93. The van der Waals surface area contributed by atoms with Crippen molar-refractivity contribution < 1.29 is 9.90 Å². The fourth-order valence-corrected chi connectivity index (χ4v) is 2.14. The number of aromatic carboxylic acids is 1.